The summed E-state index contributed by atoms with van der Waals surface area (Å²) in [5.41, 5.74) is 0.807. The van der Waals surface area contributed by atoms with Crippen LogP contribution in [-0.2, 0) is 6.42 Å². The van der Waals surface area contributed by atoms with Crippen molar-refractivity contribution in [2.75, 3.05) is 26.2 Å². The van der Waals surface area contributed by atoms with Crippen LogP contribution < -0.4 is 10.6 Å². The third kappa shape index (κ3) is 4.10. The molecule has 0 spiro atoms. The first-order valence-electron chi connectivity index (χ1n) is 6.51. The van der Waals surface area contributed by atoms with E-state index in [1.54, 1.807) is 6.07 Å². The fourth-order valence-corrected chi connectivity index (χ4v) is 2.33. The van der Waals surface area contributed by atoms with Crippen LogP contribution in [0.15, 0.2) is 24.3 Å². The number of hydrogen-bond donors (Lipinski definition) is 2. The number of benzene rings is 1. The summed E-state index contributed by atoms with van der Waals surface area (Å²) in [5.74, 6) is 0.651. The minimum absolute atomic E-state index is 0.0892. The van der Waals surface area contributed by atoms with Gasteiger partial charge in [-0.25, -0.2) is 4.39 Å². The highest BCUT2D eigenvalue weighted by Gasteiger charge is 2.11. The quantitative estimate of drug-likeness (QED) is 0.764. The summed E-state index contributed by atoms with van der Waals surface area (Å²) in [6.45, 7) is 4.18. The minimum Gasteiger partial charge on any atom is -0.316 e. The molecule has 1 aromatic carbocycles. The SMILES string of the molecule is Fc1ccccc1CCNCC1CCCNC1. The summed E-state index contributed by atoms with van der Waals surface area (Å²) in [7, 11) is 0. The van der Waals surface area contributed by atoms with Crippen molar-refractivity contribution in [3.63, 3.8) is 0 Å². The van der Waals surface area contributed by atoms with Crippen LogP contribution in [0.2, 0.25) is 0 Å². The molecule has 0 aliphatic carbocycles. The van der Waals surface area contributed by atoms with E-state index in [9.17, 15) is 4.39 Å². The molecule has 0 saturated carbocycles. The number of piperidine rings is 1. The van der Waals surface area contributed by atoms with Gasteiger partial charge in [-0.15, -0.1) is 0 Å². The van der Waals surface area contributed by atoms with E-state index in [2.05, 4.69) is 10.6 Å². The van der Waals surface area contributed by atoms with Crippen molar-refractivity contribution >= 4 is 0 Å². The van der Waals surface area contributed by atoms with Gasteiger partial charge in [0, 0.05) is 0 Å². The van der Waals surface area contributed by atoms with E-state index >= 15 is 0 Å². The Kier molecular flexibility index (Phi) is 4.95. The van der Waals surface area contributed by atoms with Crippen molar-refractivity contribution in [1.29, 1.82) is 0 Å². The van der Waals surface area contributed by atoms with Crippen molar-refractivity contribution in [3.8, 4) is 0 Å². The van der Waals surface area contributed by atoms with Crippen molar-refractivity contribution in [1.82, 2.24) is 10.6 Å². The molecule has 1 fully saturated rings. The number of hydrogen-bond acceptors (Lipinski definition) is 2. The third-order valence-corrected chi connectivity index (χ3v) is 3.36. The van der Waals surface area contributed by atoms with Gasteiger partial charge in [-0.2, -0.15) is 0 Å². The molecule has 3 heteroatoms. The minimum atomic E-state index is -0.0892. The molecule has 2 nitrogen and oxygen atoms in total. The molecule has 1 atom stereocenters. The normalized spacial score (nSPS) is 20.4. The topological polar surface area (TPSA) is 24.1 Å². The molecule has 17 heavy (non-hydrogen) atoms. The lowest BCUT2D eigenvalue weighted by Crippen LogP contribution is -2.36. The van der Waals surface area contributed by atoms with Gasteiger partial charge in [-0.05, 0) is 63.0 Å². The van der Waals surface area contributed by atoms with Crippen LogP contribution in [0, 0.1) is 11.7 Å². The second-order valence-corrected chi connectivity index (χ2v) is 4.76. The Morgan fingerprint density at radius 1 is 1.35 bits per heavy atom. The molecule has 94 valence electrons. The lowest BCUT2D eigenvalue weighted by Gasteiger charge is -2.22. The van der Waals surface area contributed by atoms with Crippen LogP contribution in [0.4, 0.5) is 4.39 Å². The van der Waals surface area contributed by atoms with E-state index in [4.69, 9.17) is 0 Å². The van der Waals surface area contributed by atoms with Gasteiger partial charge < -0.3 is 10.6 Å². The maximum atomic E-state index is 13.3. The fraction of sp³-hybridized carbons (Fsp3) is 0.571. The highest BCUT2D eigenvalue weighted by molar-refractivity contribution is 5.17. The fourth-order valence-electron chi connectivity index (χ4n) is 2.33. The molecule has 2 rings (SSSR count). The molecule has 1 aliphatic heterocycles. The number of halogens is 1. The van der Waals surface area contributed by atoms with Gasteiger partial charge in [0.2, 0.25) is 0 Å². The molecule has 1 heterocycles. The second-order valence-electron chi connectivity index (χ2n) is 4.76. The monoisotopic (exact) mass is 236 g/mol. The summed E-state index contributed by atoms with van der Waals surface area (Å²) >= 11 is 0. The van der Waals surface area contributed by atoms with E-state index in [1.165, 1.54) is 18.9 Å². The van der Waals surface area contributed by atoms with Crippen molar-refractivity contribution in [3.05, 3.63) is 35.6 Å². The Morgan fingerprint density at radius 2 is 2.24 bits per heavy atom. The molecule has 0 radical (unpaired) electrons. The Hall–Kier alpha value is -0.930. The largest absolute Gasteiger partial charge is 0.316 e. The predicted molar refractivity (Wildman–Crippen MR) is 68.6 cm³/mol. The standard InChI is InChI=1S/C14H21FN2/c15-14-6-2-1-5-13(14)7-9-17-11-12-4-3-8-16-10-12/h1-2,5-6,12,16-17H,3-4,7-11H2. The molecule has 1 unspecified atom stereocenters. The second kappa shape index (κ2) is 6.72. The van der Waals surface area contributed by atoms with Crippen molar-refractivity contribution in [2.24, 2.45) is 5.92 Å². The van der Waals surface area contributed by atoms with Crippen LogP contribution in [0.3, 0.4) is 0 Å². The summed E-state index contributed by atoms with van der Waals surface area (Å²) in [6, 6.07) is 7.02. The highest BCUT2D eigenvalue weighted by atomic mass is 19.1. The Morgan fingerprint density at radius 3 is 3.00 bits per heavy atom. The van der Waals surface area contributed by atoms with Gasteiger partial charge in [0.25, 0.3) is 0 Å². The molecule has 1 saturated heterocycles. The van der Waals surface area contributed by atoms with Gasteiger partial charge in [0.1, 0.15) is 5.82 Å². The highest BCUT2D eigenvalue weighted by Crippen LogP contribution is 2.09. The van der Waals surface area contributed by atoms with E-state index in [0.717, 1.165) is 44.1 Å². The van der Waals surface area contributed by atoms with Crippen LogP contribution in [0.1, 0.15) is 18.4 Å². The van der Waals surface area contributed by atoms with Gasteiger partial charge in [0.15, 0.2) is 0 Å². The van der Waals surface area contributed by atoms with E-state index in [0.29, 0.717) is 0 Å². The third-order valence-electron chi connectivity index (χ3n) is 3.36. The Labute approximate surface area is 103 Å². The van der Waals surface area contributed by atoms with Gasteiger partial charge in [0.05, 0.1) is 0 Å². The average Bonchev–Trinajstić information content (AvgIpc) is 2.38. The lowest BCUT2D eigenvalue weighted by atomic mass is 10.00. The molecular formula is C14H21FN2. The molecular weight excluding hydrogens is 215 g/mol. The summed E-state index contributed by atoms with van der Waals surface area (Å²) in [5, 5.41) is 6.83. The summed E-state index contributed by atoms with van der Waals surface area (Å²) in [4.78, 5) is 0. The summed E-state index contributed by atoms with van der Waals surface area (Å²) in [6.07, 6.45) is 3.35. The van der Waals surface area contributed by atoms with Crippen LogP contribution in [-0.4, -0.2) is 26.2 Å². The van der Waals surface area contributed by atoms with E-state index in [1.807, 2.05) is 12.1 Å². The molecule has 2 N–H and O–H groups in total. The van der Waals surface area contributed by atoms with Crippen molar-refractivity contribution in [2.45, 2.75) is 19.3 Å². The first kappa shape index (κ1) is 12.5. The van der Waals surface area contributed by atoms with E-state index < -0.39 is 0 Å². The molecule has 0 amide bonds. The first-order valence-corrected chi connectivity index (χ1v) is 6.51. The van der Waals surface area contributed by atoms with Crippen LogP contribution in [0.5, 0.6) is 0 Å². The Balaban J connectivity index is 1.64. The maximum absolute atomic E-state index is 13.3. The van der Waals surface area contributed by atoms with Crippen molar-refractivity contribution < 1.29 is 4.39 Å². The van der Waals surface area contributed by atoms with Gasteiger partial charge >= 0.3 is 0 Å². The lowest BCUT2D eigenvalue weighted by molar-refractivity contribution is 0.361. The van der Waals surface area contributed by atoms with Crippen LogP contribution >= 0.6 is 0 Å². The molecule has 1 aliphatic rings. The Bertz CT molecular complexity index is 335. The van der Waals surface area contributed by atoms with E-state index in [-0.39, 0.29) is 5.82 Å². The predicted octanol–water partition coefficient (Wildman–Crippen LogP) is 1.96. The molecule has 1 aromatic rings. The zero-order chi connectivity index (χ0) is 11.9. The number of nitrogens with one attached hydrogen (secondary N) is 2. The molecule has 0 bridgehead atoms. The molecule has 0 aromatic heterocycles. The zero-order valence-electron chi connectivity index (χ0n) is 10.2. The van der Waals surface area contributed by atoms with Crippen LogP contribution in [0.25, 0.3) is 0 Å². The average molecular weight is 236 g/mol. The first-order chi connectivity index (χ1) is 8.36. The maximum Gasteiger partial charge on any atom is 0.126 e. The smallest absolute Gasteiger partial charge is 0.126 e. The van der Waals surface area contributed by atoms with Gasteiger partial charge in [-0.1, -0.05) is 18.2 Å². The zero-order valence-corrected chi connectivity index (χ0v) is 10.2. The van der Waals surface area contributed by atoms with Gasteiger partial charge in [-0.3, -0.25) is 0 Å². The number of rotatable bonds is 5. The summed E-state index contributed by atoms with van der Waals surface area (Å²) < 4.78 is 13.3.